The zero-order valence-electron chi connectivity index (χ0n) is 18.8. The number of piperidine rings is 2. The molecule has 7 nitrogen and oxygen atoms in total. The van der Waals surface area contributed by atoms with Gasteiger partial charge in [-0.15, -0.1) is 12.4 Å². The molecule has 0 amide bonds. The summed E-state index contributed by atoms with van der Waals surface area (Å²) in [7, 11) is 0. The van der Waals surface area contributed by atoms with Gasteiger partial charge in [-0.3, -0.25) is 9.88 Å². The first-order chi connectivity index (χ1) is 15.2. The van der Waals surface area contributed by atoms with Crippen LogP contribution in [0.5, 0.6) is 5.75 Å². The highest BCUT2D eigenvalue weighted by Crippen LogP contribution is 2.24. The predicted molar refractivity (Wildman–Crippen MR) is 130 cm³/mol. The normalized spacial score (nSPS) is 21.7. The van der Waals surface area contributed by atoms with E-state index in [1.807, 2.05) is 12.1 Å². The van der Waals surface area contributed by atoms with E-state index in [0.717, 1.165) is 44.1 Å². The minimum absolute atomic E-state index is 0. The van der Waals surface area contributed by atoms with Gasteiger partial charge in [0.25, 0.3) is 0 Å². The number of nitrogens with one attached hydrogen (secondary N) is 1. The Hall–Kier alpha value is -1.93. The zero-order valence-corrected chi connectivity index (χ0v) is 19.6. The summed E-state index contributed by atoms with van der Waals surface area (Å²) in [6.07, 6.45) is 10.8. The van der Waals surface area contributed by atoms with Crippen LogP contribution < -0.4 is 15.0 Å². The van der Waals surface area contributed by atoms with E-state index in [9.17, 15) is 5.11 Å². The molecule has 0 aliphatic carbocycles. The smallest absolute Gasteiger partial charge is 0.147 e. The number of likely N-dealkylation sites (tertiary alicyclic amines) is 1. The van der Waals surface area contributed by atoms with Crippen LogP contribution in [0.15, 0.2) is 42.9 Å². The van der Waals surface area contributed by atoms with Crippen molar-refractivity contribution >= 4 is 18.2 Å². The van der Waals surface area contributed by atoms with E-state index in [-0.39, 0.29) is 12.4 Å². The van der Waals surface area contributed by atoms with Gasteiger partial charge >= 0.3 is 0 Å². The Labute approximate surface area is 197 Å². The molecule has 1 aromatic heterocycles. The third-order valence-electron chi connectivity index (χ3n) is 6.24. The van der Waals surface area contributed by atoms with Crippen molar-refractivity contribution < 1.29 is 9.84 Å². The maximum Gasteiger partial charge on any atom is 0.147 e. The average Bonchev–Trinajstić information content (AvgIpc) is 2.81. The van der Waals surface area contributed by atoms with E-state index >= 15 is 0 Å². The van der Waals surface area contributed by atoms with Gasteiger partial charge in [0.15, 0.2) is 0 Å². The van der Waals surface area contributed by atoms with Crippen LogP contribution in [0.3, 0.4) is 0 Å². The van der Waals surface area contributed by atoms with Crippen molar-refractivity contribution in [3.63, 3.8) is 0 Å². The molecular formula is C24H36ClN5O2. The number of aromatic nitrogens is 2. The van der Waals surface area contributed by atoms with Gasteiger partial charge in [0.2, 0.25) is 0 Å². The molecule has 32 heavy (non-hydrogen) atoms. The molecule has 1 aromatic carbocycles. The van der Waals surface area contributed by atoms with Crippen molar-refractivity contribution in [2.24, 2.45) is 0 Å². The maximum atomic E-state index is 11.1. The number of hydrogen-bond donors (Lipinski definition) is 2. The van der Waals surface area contributed by atoms with Gasteiger partial charge in [-0.1, -0.05) is 18.6 Å². The van der Waals surface area contributed by atoms with Gasteiger partial charge in [-0.05, 0) is 56.5 Å². The van der Waals surface area contributed by atoms with Crippen LogP contribution in [0.25, 0.3) is 0 Å². The lowest BCUT2D eigenvalue weighted by Crippen LogP contribution is -2.53. The van der Waals surface area contributed by atoms with Gasteiger partial charge in [0.1, 0.15) is 18.2 Å². The zero-order chi connectivity index (χ0) is 21.4. The third-order valence-corrected chi connectivity index (χ3v) is 6.24. The van der Waals surface area contributed by atoms with Crippen LogP contribution in [-0.4, -0.2) is 71.5 Å². The van der Waals surface area contributed by atoms with Crippen molar-refractivity contribution in [2.75, 3.05) is 50.8 Å². The number of ether oxygens (including phenoxy) is 1. The minimum Gasteiger partial charge on any atom is -0.492 e. The van der Waals surface area contributed by atoms with Gasteiger partial charge in [-0.25, -0.2) is 4.98 Å². The van der Waals surface area contributed by atoms with Crippen molar-refractivity contribution in [2.45, 2.75) is 44.2 Å². The Balaban J connectivity index is 0.00000289. The van der Waals surface area contributed by atoms with Gasteiger partial charge in [0.05, 0.1) is 11.8 Å². The van der Waals surface area contributed by atoms with Crippen molar-refractivity contribution in [1.29, 1.82) is 0 Å². The number of β-amino-alcohol motifs (C(OH)–C–C–N with tert-alkyl or cyclic N) is 1. The first kappa shape index (κ1) is 24.7. The number of aliphatic hydroxyl groups is 1. The van der Waals surface area contributed by atoms with Crippen molar-refractivity contribution in [3.05, 3.63) is 48.4 Å². The van der Waals surface area contributed by atoms with Crippen LogP contribution >= 0.6 is 12.4 Å². The monoisotopic (exact) mass is 461 g/mol. The summed E-state index contributed by atoms with van der Waals surface area (Å²) < 4.78 is 5.99. The Morgan fingerprint density at radius 2 is 1.97 bits per heavy atom. The standard InChI is InChI=1S/C24H35N5O2.ClH/c30-24(8-5-13-29(20-24)23-18-25-9-10-27-23)19-26-17-21-6-4-7-22(16-21)31-15-14-28-11-2-1-3-12-28;/h4,6-7,9-10,16,18,26,30H,1-3,5,8,11-15,17,19-20H2;1H. The fourth-order valence-electron chi connectivity index (χ4n) is 4.57. The summed E-state index contributed by atoms with van der Waals surface area (Å²) >= 11 is 0. The molecule has 8 heteroatoms. The van der Waals surface area contributed by atoms with E-state index < -0.39 is 5.60 Å². The molecule has 2 fully saturated rings. The molecule has 0 bridgehead atoms. The number of rotatable bonds is 9. The molecule has 1 atom stereocenters. The van der Waals surface area contributed by atoms with Crippen molar-refractivity contribution in [3.8, 4) is 5.75 Å². The second-order valence-corrected chi connectivity index (χ2v) is 8.81. The van der Waals surface area contributed by atoms with Crippen LogP contribution in [0.4, 0.5) is 5.82 Å². The van der Waals surface area contributed by atoms with E-state index in [1.165, 1.54) is 37.9 Å². The highest BCUT2D eigenvalue weighted by Gasteiger charge is 2.33. The first-order valence-electron chi connectivity index (χ1n) is 11.6. The predicted octanol–water partition coefficient (Wildman–Crippen LogP) is 2.88. The quantitative estimate of drug-likeness (QED) is 0.594. The Morgan fingerprint density at radius 1 is 1.09 bits per heavy atom. The number of anilines is 1. The molecule has 2 aromatic rings. The maximum absolute atomic E-state index is 11.1. The molecule has 2 N–H and O–H groups in total. The van der Waals surface area contributed by atoms with Crippen LogP contribution in [-0.2, 0) is 6.54 Å². The summed E-state index contributed by atoms with van der Waals surface area (Å²) in [5, 5.41) is 14.5. The third kappa shape index (κ3) is 7.30. The van der Waals surface area contributed by atoms with Crippen LogP contribution in [0.2, 0.25) is 0 Å². The fourth-order valence-corrected chi connectivity index (χ4v) is 4.57. The highest BCUT2D eigenvalue weighted by atomic mass is 35.5. The Morgan fingerprint density at radius 3 is 2.78 bits per heavy atom. The Kier molecular flexibility index (Phi) is 9.53. The lowest BCUT2D eigenvalue weighted by atomic mass is 9.92. The van der Waals surface area contributed by atoms with Crippen LogP contribution in [0, 0.1) is 0 Å². The molecule has 0 spiro atoms. The van der Waals surface area contributed by atoms with Gasteiger partial charge in [0, 0.05) is 45.1 Å². The Bertz CT molecular complexity index is 806. The molecule has 0 saturated carbocycles. The number of nitrogens with zero attached hydrogens (tertiary/aromatic N) is 4. The fraction of sp³-hybridized carbons (Fsp3) is 0.583. The number of halogens is 1. The second-order valence-electron chi connectivity index (χ2n) is 8.81. The number of benzene rings is 1. The van der Waals surface area contributed by atoms with E-state index in [2.05, 4.69) is 37.2 Å². The van der Waals surface area contributed by atoms with Crippen molar-refractivity contribution in [1.82, 2.24) is 20.2 Å². The summed E-state index contributed by atoms with van der Waals surface area (Å²) in [5.41, 5.74) is 0.402. The molecule has 4 rings (SSSR count). The minimum atomic E-state index is -0.766. The molecule has 2 aliphatic heterocycles. The second kappa shape index (κ2) is 12.3. The lowest BCUT2D eigenvalue weighted by Gasteiger charge is -2.39. The van der Waals surface area contributed by atoms with E-state index in [1.54, 1.807) is 18.6 Å². The van der Waals surface area contributed by atoms with Crippen LogP contribution in [0.1, 0.15) is 37.7 Å². The lowest BCUT2D eigenvalue weighted by molar-refractivity contribution is 0.0258. The first-order valence-corrected chi connectivity index (χ1v) is 11.6. The SMILES string of the molecule is Cl.OC1(CNCc2cccc(OCCN3CCCCC3)c2)CCCN(c2cnccn2)C1. The topological polar surface area (TPSA) is 73.8 Å². The number of hydrogen-bond acceptors (Lipinski definition) is 7. The average molecular weight is 462 g/mol. The van der Waals surface area contributed by atoms with E-state index in [4.69, 9.17) is 4.74 Å². The summed E-state index contributed by atoms with van der Waals surface area (Å²) in [6, 6.07) is 8.26. The molecular weight excluding hydrogens is 426 g/mol. The molecule has 2 saturated heterocycles. The molecule has 0 radical (unpaired) electrons. The molecule has 176 valence electrons. The van der Waals surface area contributed by atoms with Gasteiger partial charge in [-0.2, -0.15) is 0 Å². The largest absolute Gasteiger partial charge is 0.492 e. The van der Waals surface area contributed by atoms with E-state index in [0.29, 0.717) is 19.6 Å². The molecule has 2 aliphatic rings. The summed E-state index contributed by atoms with van der Waals surface area (Å²) in [4.78, 5) is 13.1. The molecule has 3 heterocycles. The summed E-state index contributed by atoms with van der Waals surface area (Å²) in [6.45, 7) is 6.85. The van der Waals surface area contributed by atoms with Gasteiger partial charge < -0.3 is 20.1 Å². The summed E-state index contributed by atoms with van der Waals surface area (Å²) in [5.74, 6) is 1.75. The highest BCUT2D eigenvalue weighted by molar-refractivity contribution is 5.85. The molecule has 1 unspecified atom stereocenters.